The molecule has 0 amide bonds. The minimum Gasteiger partial charge on any atom is -0.369 e. The highest BCUT2D eigenvalue weighted by Gasteiger charge is 2.18. The summed E-state index contributed by atoms with van der Waals surface area (Å²) in [5, 5.41) is 11.1. The number of nitrogens with zero attached hydrogens (tertiary/aromatic N) is 2. The van der Waals surface area contributed by atoms with Crippen LogP contribution in [0.3, 0.4) is 0 Å². The van der Waals surface area contributed by atoms with Gasteiger partial charge < -0.3 is 5.32 Å². The molecule has 1 aromatic heterocycles. The Balaban J connectivity index is 2.04. The van der Waals surface area contributed by atoms with E-state index in [1.54, 1.807) is 24.3 Å². The highest BCUT2D eigenvalue weighted by Crippen LogP contribution is 2.24. The highest BCUT2D eigenvalue weighted by molar-refractivity contribution is 7.92. The third kappa shape index (κ3) is 5.69. The van der Waals surface area contributed by atoms with Gasteiger partial charge in [-0.15, -0.1) is 10.2 Å². The summed E-state index contributed by atoms with van der Waals surface area (Å²) in [7, 11) is -3.69. The third-order valence-electron chi connectivity index (χ3n) is 3.96. The van der Waals surface area contributed by atoms with Crippen LogP contribution in [0.1, 0.15) is 46.6 Å². The summed E-state index contributed by atoms with van der Waals surface area (Å²) < 4.78 is 27.5. The zero-order chi connectivity index (χ0) is 19.4. The fraction of sp³-hybridized carbons (Fsp3) is 0.474. The summed E-state index contributed by atoms with van der Waals surface area (Å²) in [6.07, 6.45) is 1.03. The molecule has 0 spiro atoms. The predicted molar refractivity (Wildman–Crippen MR) is 106 cm³/mol. The first-order chi connectivity index (χ1) is 12.1. The van der Waals surface area contributed by atoms with Crippen LogP contribution in [0.25, 0.3) is 0 Å². The first kappa shape index (κ1) is 20.2. The van der Waals surface area contributed by atoms with Gasteiger partial charge in [-0.3, -0.25) is 4.72 Å². The van der Waals surface area contributed by atoms with Gasteiger partial charge in [-0.25, -0.2) is 8.42 Å². The SMILES string of the molecule is CC(C)CCNc1ccc(NS(=O)(=O)c2ccc(C(C)(C)C)cc2)nn1. The Hall–Kier alpha value is -2.15. The summed E-state index contributed by atoms with van der Waals surface area (Å²) in [5.41, 5.74) is 1.05. The molecule has 2 rings (SSSR count). The molecule has 0 unspecified atom stereocenters. The van der Waals surface area contributed by atoms with E-state index in [4.69, 9.17) is 0 Å². The van der Waals surface area contributed by atoms with Crippen molar-refractivity contribution in [2.75, 3.05) is 16.6 Å². The van der Waals surface area contributed by atoms with Crippen molar-refractivity contribution in [3.8, 4) is 0 Å². The average molecular weight is 377 g/mol. The highest BCUT2D eigenvalue weighted by atomic mass is 32.2. The van der Waals surface area contributed by atoms with Gasteiger partial charge in [-0.1, -0.05) is 46.8 Å². The Morgan fingerprint density at radius 3 is 2.04 bits per heavy atom. The summed E-state index contributed by atoms with van der Waals surface area (Å²) >= 11 is 0. The van der Waals surface area contributed by atoms with Gasteiger partial charge in [0.2, 0.25) is 0 Å². The van der Waals surface area contributed by atoms with E-state index in [-0.39, 0.29) is 16.1 Å². The minimum atomic E-state index is -3.69. The lowest BCUT2D eigenvalue weighted by Crippen LogP contribution is -2.16. The minimum absolute atomic E-state index is 0.0282. The summed E-state index contributed by atoms with van der Waals surface area (Å²) in [5.74, 6) is 1.42. The second-order valence-electron chi connectivity index (χ2n) is 7.79. The summed E-state index contributed by atoms with van der Waals surface area (Å²) in [4.78, 5) is 0.200. The van der Waals surface area contributed by atoms with Crippen LogP contribution >= 0.6 is 0 Å². The van der Waals surface area contributed by atoms with Gasteiger partial charge >= 0.3 is 0 Å². The zero-order valence-corrected chi connectivity index (χ0v) is 16.9. The maximum atomic E-state index is 12.5. The second-order valence-corrected chi connectivity index (χ2v) is 9.48. The Bertz CT molecular complexity index is 808. The molecule has 7 heteroatoms. The number of nitrogens with one attached hydrogen (secondary N) is 2. The van der Waals surface area contributed by atoms with Crippen molar-refractivity contribution in [3.05, 3.63) is 42.0 Å². The van der Waals surface area contributed by atoms with Crippen LogP contribution in [0.4, 0.5) is 11.6 Å². The standard InChI is InChI=1S/C19H28N4O2S/c1-14(2)12-13-20-17-10-11-18(22-21-17)23-26(24,25)16-8-6-15(7-9-16)19(3,4)5/h6-11,14H,12-13H2,1-5H3,(H,20,21)(H,22,23). The lowest BCUT2D eigenvalue weighted by molar-refractivity contribution is 0.587. The molecule has 0 aliphatic heterocycles. The van der Waals surface area contributed by atoms with Gasteiger partial charge in [0.1, 0.15) is 5.82 Å². The molecule has 0 radical (unpaired) electrons. The first-order valence-electron chi connectivity index (χ1n) is 8.79. The van der Waals surface area contributed by atoms with Gasteiger partial charge in [0.15, 0.2) is 5.82 Å². The average Bonchev–Trinajstić information content (AvgIpc) is 2.55. The Labute approximate surface area is 156 Å². The Kier molecular flexibility index (Phi) is 6.23. The van der Waals surface area contributed by atoms with Crippen molar-refractivity contribution in [2.24, 2.45) is 5.92 Å². The maximum absolute atomic E-state index is 12.5. The van der Waals surface area contributed by atoms with E-state index < -0.39 is 10.0 Å². The Morgan fingerprint density at radius 2 is 1.54 bits per heavy atom. The van der Waals surface area contributed by atoms with Crippen molar-refractivity contribution in [2.45, 2.75) is 51.3 Å². The molecule has 0 saturated heterocycles. The molecule has 0 atom stereocenters. The molecule has 0 saturated carbocycles. The fourth-order valence-corrected chi connectivity index (χ4v) is 3.30. The van der Waals surface area contributed by atoms with Crippen LogP contribution < -0.4 is 10.0 Å². The van der Waals surface area contributed by atoms with Crippen molar-refractivity contribution < 1.29 is 8.42 Å². The number of benzene rings is 1. The number of hydrogen-bond donors (Lipinski definition) is 2. The number of anilines is 2. The van der Waals surface area contributed by atoms with Crippen LogP contribution in [0.5, 0.6) is 0 Å². The van der Waals surface area contributed by atoms with E-state index in [0.29, 0.717) is 11.7 Å². The van der Waals surface area contributed by atoms with Gasteiger partial charge in [-0.2, -0.15) is 0 Å². The number of hydrogen-bond acceptors (Lipinski definition) is 5. The molecule has 0 aliphatic carbocycles. The van der Waals surface area contributed by atoms with E-state index in [2.05, 4.69) is 54.9 Å². The molecule has 0 aliphatic rings. The number of rotatable bonds is 7. The van der Waals surface area contributed by atoms with E-state index in [1.165, 1.54) is 0 Å². The molecule has 26 heavy (non-hydrogen) atoms. The van der Waals surface area contributed by atoms with Crippen LogP contribution in [0.2, 0.25) is 0 Å². The van der Waals surface area contributed by atoms with E-state index in [0.717, 1.165) is 18.5 Å². The molecule has 6 nitrogen and oxygen atoms in total. The quantitative estimate of drug-likeness (QED) is 0.762. The number of sulfonamides is 1. The zero-order valence-electron chi connectivity index (χ0n) is 16.1. The lowest BCUT2D eigenvalue weighted by Gasteiger charge is -2.19. The molecular formula is C19H28N4O2S. The monoisotopic (exact) mass is 376 g/mol. The van der Waals surface area contributed by atoms with Crippen molar-refractivity contribution in [3.63, 3.8) is 0 Å². The third-order valence-corrected chi connectivity index (χ3v) is 5.33. The largest absolute Gasteiger partial charge is 0.369 e. The fourth-order valence-electron chi connectivity index (χ4n) is 2.30. The van der Waals surface area contributed by atoms with E-state index >= 15 is 0 Å². The lowest BCUT2D eigenvalue weighted by atomic mass is 9.87. The van der Waals surface area contributed by atoms with Crippen LogP contribution in [-0.2, 0) is 15.4 Å². The van der Waals surface area contributed by atoms with Crippen LogP contribution in [0.15, 0.2) is 41.3 Å². The molecule has 0 bridgehead atoms. The van der Waals surface area contributed by atoms with E-state index in [9.17, 15) is 8.42 Å². The van der Waals surface area contributed by atoms with Gasteiger partial charge in [0.25, 0.3) is 10.0 Å². The molecule has 2 N–H and O–H groups in total. The molecule has 2 aromatic rings. The van der Waals surface area contributed by atoms with Crippen molar-refractivity contribution >= 4 is 21.7 Å². The maximum Gasteiger partial charge on any atom is 0.263 e. The molecule has 1 heterocycles. The van der Waals surface area contributed by atoms with Crippen LogP contribution in [0, 0.1) is 5.92 Å². The smallest absolute Gasteiger partial charge is 0.263 e. The second kappa shape index (κ2) is 8.03. The van der Waals surface area contributed by atoms with Gasteiger partial charge in [-0.05, 0) is 47.6 Å². The molecule has 0 fully saturated rings. The van der Waals surface area contributed by atoms with Gasteiger partial charge in [0.05, 0.1) is 4.90 Å². The molecular weight excluding hydrogens is 348 g/mol. The van der Waals surface area contributed by atoms with E-state index in [1.807, 2.05) is 12.1 Å². The summed E-state index contributed by atoms with van der Waals surface area (Å²) in [6, 6.07) is 10.2. The topological polar surface area (TPSA) is 84.0 Å². The number of aromatic nitrogens is 2. The predicted octanol–water partition coefficient (Wildman–Crippen LogP) is 4.03. The molecule has 1 aromatic carbocycles. The summed E-state index contributed by atoms with van der Waals surface area (Å²) in [6.45, 7) is 11.4. The van der Waals surface area contributed by atoms with Gasteiger partial charge in [0, 0.05) is 6.54 Å². The van der Waals surface area contributed by atoms with Crippen molar-refractivity contribution in [1.82, 2.24) is 10.2 Å². The normalized spacial score (nSPS) is 12.2. The Morgan fingerprint density at radius 1 is 0.962 bits per heavy atom. The van der Waals surface area contributed by atoms with Crippen LogP contribution in [-0.4, -0.2) is 25.2 Å². The van der Waals surface area contributed by atoms with Crippen molar-refractivity contribution in [1.29, 1.82) is 0 Å². The first-order valence-corrected chi connectivity index (χ1v) is 10.3. The molecule has 142 valence electrons.